The fraction of sp³-hybridized carbons (Fsp3) is 0.385. The Hall–Kier alpha value is -3.61. The number of aliphatic hydroxyl groups is 1. The summed E-state index contributed by atoms with van der Waals surface area (Å²) in [6, 6.07) is 10.2. The number of aliphatic carboxylic acids is 1. The number of aliphatic hydroxyl groups excluding tert-OH is 1. The molecular weight excluding hydrogens is 512 g/mol. The molecular formula is C26H34N4O7S. The van der Waals surface area contributed by atoms with Crippen molar-refractivity contribution in [2.24, 2.45) is 5.73 Å². The number of nitrogens with two attached hydrogens (primary N) is 1. The first-order valence-corrected chi connectivity index (χ1v) is 13.3. The largest absolute Gasteiger partial charge is 0.508 e. The lowest BCUT2D eigenvalue weighted by Crippen LogP contribution is -2.58. The molecule has 3 amide bonds. The Labute approximate surface area is 225 Å². The van der Waals surface area contributed by atoms with Gasteiger partial charge in [-0.25, -0.2) is 4.79 Å². The maximum atomic E-state index is 13.4. The van der Waals surface area contributed by atoms with Crippen molar-refractivity contribution in [3.05, 3.63) is 65.7 Å². The molecule has 0 spiro atoms. The molecule has 2 rings (SSSR count). The average molecular weight is 547 g/mol. The zero-order chi connectivity index (χ0) is 28.1. The summed E-state index contributed by atoms with van der Waals surface area (Å²) in [5.41, 5.74) is 6.94. The van der Waals surface area contributed by atoms with Crippen LogP contribution in [0.3, 0.4) is 0 Å². The van der Waals surface area contributed by atoms with Crippen molar-refractivity contribution in [2.75, 3.05) is 18.6 Å². The highest BCUT2D eigenvalue weighted by Crippen LogP contribution is 2.13. The minimum Gasteiger partial charge on any atom is -0.508 e. The van der Waals surface area contributed by atoms with Gasteiger partial charge in [-0.3, -0.25) is 14.4 Å². The van der Waals surface area contributed by atoms with E-state index in [0.29, 0.717) is 11.3 Å². The quantitative estimate of drug-likeness (QED) is 0.158. The maximum absolute atomic E-state index is 13.4. The number of carboxylic acids is 1. The fourth-order valence-electron chi connectivity index (χ4n) is 3.54. The van der Waals surface area contributed by atoms with Crippen LogP contribution in [0.1, 0.15) is 17.5 Å². The van der Waals surface area contributed by atoms with Gasteiger partial charge in [0.2, 0.25) is 17.7 Å². The number of benzene rings is 2. The van der Waals surface area contributed by atoms with Crippen molar-refractivity contribution in [1.29, 1.82) is 0 Å². The fourth-order valence-corrected chi connectivity index (χ4v) is 4.01. The predicted molar refractivity (Wildman–Crippen MR) is 143 cm³/mol. The zero-order valence-corrected chi connectivity index (χ0v) is 21.8. The van der Waals surface area contributed by atoms with Gasteiger partial charge in [0.25, 0.3) is 0 Å². The first kappa shape index (κ1) is 30.6. The number of hydrogen-bond donors (Lipinski definition) is 7. The van der Waals surface area contributed by atoms with Crippen LogP contribution in [-0.2, 0) is 32.0 Å². The summed E-state index contributed by atoms with van der Waals surface area (Å²) in [6.07, 6.45) is 2.08. The number of rotatable bonds is 15. The number of amides is 3. The van der Waals surface area contributed by atoms with Crippen LogP contribution < -0.4 is 21.7 Å². The molecule has 0 radical (unpaired) electrons. The molecule has 4 atom stereocenters. The van der Waals surface area contributed by atoms with Gasteiger partial charge >= 0.3 is 5.97 Å². The third kappa shape index (κ3) is 10.0. The number of nitrogens with one attached hydrogen (secondary N) is 3. The summed E-state index contributed by atoms with van der Waals surface area (Å²) < 4.78 is 0. The molecule has 0 aliphatic rings. The Morgan fingerprint density at radius 1 is 0.816 bits per heavy atom. The Bertz CT molecular complexity index is 1070. The van der Waals surface area contributed by atoms with E-state index in [4.69, 9.17) is 5.73 Å². The van der Waals surface area contributed by atoms with E-state index in [1.54, 1.807) is 42.5 Å². The zero-order valence-electron chi connectivity index (χ0n) is 21.0. The van der Waals surface area contributed by atoms with E-state index in [1.807, 2.05) is 6.26 Å². The molecule has 4 unspecified atom stereocenters. The standard InChI is InChI=1S/C26H34N4O7S/c1-38-12-11-20(26(36)37)28-24(34)22(14-17-7-9-18(32)10-8-17)30-25(35)21(29-23(33)19(27)15-31)13-16-5-3-2-4-6-16/h2-10,19-22,31-32H,11-15,27H2,1H3,(H,28,34)(H,29,33)(H,30,35)(H,36,37). The van der Waals surface area contributed by atoms with Gasteiger partial charge in [0.1, 0.15) is 29.9 Å². The normalized spacial score (nSPS) is 14.0. The van der Waals surface area contributed by atoms with E-state index in [9.17, 15) is 34.5 Å². The van der Waals surface area contributed by atoms with Crippen molar-refractivity contribution in [3.8, 4) is 5.75 Å². The molecule has 2 aromatic carbocycles. The van der Waals surface area contributed by atoms with E-state index in [1.165, 1.54) is 23.9 Å². The first-order valence-electron chi connectivity index (χ1n) is 12.0. The van der Waals surface area contributed by atoms with Crippen molar-refractivity contribution >= 4 is 35.5 Å². The highest BCUT2D eigenvalue weighted by atomic mass is 32.2. The molecule has 0 bridgehead atoms. The Morgan fingerprint density at radius 3 is 1.82 bits per heavy atom. The van der Waals surface area contributed by atoms with Crippen LogP contribution in [0.15, 0.2) is 54.6 Å². The van der Waals surface area contributed by atoms with Crippen LogP contribution in [0, 0.1) is 0 Å². The molecule has 0 saturated heterocycles. The number of carboxylic acid groups (broad SMARTS) is 1. The number of carbonyl (C=O) groups is 4. The highest BCUT2D eigenvalue weighted by molar-refractivity contribution is 7.98. The molecule has 11 nitrogen and oxygen atoms in total. The second-order valence-electron chi connectivity index (χ2n) is 8.65. The van der Waals surface area contributed by atoms with E-state index < -0.39 is 54.5 Å². The lowest BCUT2D eigenvalue weighted by Gasteiger charge is -2.25. The Morgan fingerprint density at radius 2 is 1.32 bits per heavy atom. The highest BCUT2D eigenvalue weighted by Gasteiger charge is 2.30. The van der Waals surface area contributed by atoms with Crippen molar-refractivity contribution in [2.45, 2.75) is 43.4 Å². The predicted octanol–water partition coefficient (Wildman–Crippen LogP) is -0.211. The van der Waals surface area contributed by atoms with Crippen LogP contribution in [0.2, 0.25) is 0 Å². The Kier molecular flexibility index (Phi) is 12.6. The van der Waals surface area contributed by atoms with Crippen molar-refractivity contribution in [3.63, 3.8) is 0 Å². The summed E-state index contributed by atoms with van der Waals surface area (Å²) >= 11 is 1.44. The van der Waals surface area contributed by atoms with Gasteiger partial charge in [-0.2, -0.15) is 11.8 Å². The van der Waals surface area contributed by atoms with Crippen LogP contribution in [0.5, 0.6) is 5.75 Å². The number of thioether (sulfide) groups is 1. The van der Waals surface area contributed by atoms with Gasteiger partial charge < -0.3 is 37.0 Å². The minimum absolute atomic E-state index is 0.00508. The molecule has 0 saturated carbocycles. The van der Waals surface area contributed by atoms with Crippen molar-refractivity contribution in [1.82, 2.24) is 16.0 Å². The van der Waals surface area contributed by atoms with E-state index in [2.05, 4.69) is 16.0 Å². The van der Waals surface area contributed by atoms with Crippen LogP contribution >= 0.6 is 11.8 Å². The molecule has 2 aromatic rings. The molecule has 0 aromatic heterocycles. The molecule has 0 aliphatic heterocycles. The smallest absolute Gasteiger partial charge is 0.326 e. The lowest BCUT2D eigenvalue weighted by molar-refractivity contribution is -0.142. The number of carbonyl (C=O) groups excluding carboxylic acids is 3. The van der Waals surface area contributed by atoms with Gasteiger partial charge in [0, 0.05) is 12.8 Å². The van der Waals surface area contributed by atoms with Gasteiger partial charge in [0.05, 0.1) is 6.61 Å². The summed E-state index contributed by atoms with van der Waals surface area (Å²) in [4.78, 5) is 50.7. The van der Waals surface area contributed by atoms with Crippen LogP contribution in [0.4, 0.5) is 0 Å². The minimum atomic E-state index is -1.25. The number of aromatic hydroxyl groups is 1. The van der Waals surface area contributed by atoms with Gasteiger partial charge in [-0.1, -0.05) is 42.5 Å². The summed E-state index contributed by atoms with van der Waals surface area (Å²) in [7, 11) is 0. The third-order valence-corrected chi connectivity index (χ3v) is 6.33. The monoisotopic (exact) mass is 546 g/mol. The van der Waals surface area contributed by atoms with Gasteiger partial charge in [-0.05, 0) is 41.7 Å². The average Bonchev–Trinajstić information content (AvgIpc) is 2.91. The van der Waals surface area contributed by atoms with Crippen LogP contribution in [0.25, 0.3) is 0 Å². The number of phenolic OH excluding ortho intramolecular Hbond substituents is 1. The van der Waals surface area contributed by atoms with E-state index in [-0.39, 0.29) is 25.0 Å². The van der Waals surface area contributed by atoms with Crippen molar-refractivity contribution < 1.29 is 34.5 Å². The van der Waals surface area contributed by atoms with E-state index in [0.717, 1.165) is 5.56 Å². The third-order valence-electron chi connectivity index (χ3n) is 5.68. The maximum Gasteiger partial charge on any atom is 0.326 e. The number of phenols is 1. The first-order chi connectivity index (χ1) is 18.1. The second kappa shape index (κ2) is 15.6. The molecule has 8 N–H and O–H groups in total. The topological polar surface area (TPSA) is 191 Å². The second-order valence-corrected chi connectivity index (χ2v) is 9.64. The summed E-state index contributed by atoms with van der Waals surface area (Å²) in [6.45, 7) is -0.621. The van der Waals surface area contributed by atoms with Gasteiger partial charge in [-0.15, -0.1) is 0 Å². The van der Waals surface area contributed by atoms with Crippen LogP contribution in [-0.4, -0.2) is 81.8 Å². The molecule has 206 valence electrons. The molecule has 0 aliphatic carbocycles. The Balaban J connectivity index is 2.30. The number of hydrogen-bond acceptors (Lipinski definition) is 8. The summed E-state index contributed by atoms with van der Waals surface area (Å²) in [5, 5.41) is 36.0. The molecule has 0 heterocycles. The lowest BCUT2D eigenvalue weighted by atomic mass is 10.0. The molecule has 38 heavy (non-hydrogen) atoms. The molecule has 0 fully saturated rings. The van der Waals surface area contributed by atoms with Gasteiger partial charge in [0.15, 0.2) is 0 Å². The summed E-state index contributed by atoms with van der Waals surface area (Å²) in [5.74, 6) is -2.82. The molecule has 12 heteroatoms. The SMILES string of the molecule is CSCCC(NC(=O)C(Cc1ccc(O)cc1)NC(=O)C(Cc1ccccc1)NC(=O)C(N)CO)C(=O)O. The van der Waals surface area contributed by atoms with E-state index >= 15 is 0 Å².